The molecule has 0 fully saturated rings. The Morgan fingerprint density at radius 1 is 1.30 bits per heavy atom. The monoisotopic (exact) mass is 292 g/mol. The molecule has 0 saturated heterocycles. The van der Waals surface area contributed by atoms with Gasteiger partial charge in [0.05, 0.1) is 25.2 Å². The van der Waals surface area contributed by atoms with E-state index in [4.69, 9.17) is 4.74 Å². The van der Waals surface area contributed by atoms with Gasteiger partial charge in [-0.3, -0.25) is 4.72 Å². The van der Waals surface area contributed by atoms with Crippen molar-refractivity contribution in [2.75, 3.05) is 12.9 Å². The van der Waals surface area contributed by atoms with Gasteiger partial charge in [0.25, 0.3) is 0 Å². The Hall–Kier alpha value is -1.79. The smallest absolute Gasteiger partial charge is 0.229 e. The lowest BCUT2D eigenvalue weighted by molar-refractivity contribution is 0.141. The van der Waals surface area contributed by atoms with Crippen molar-refractivity contribution >= 4 is 26.5 Å². The molecule has 5 nitrogen and oxygen atoms in total. The molecule has 20 heavy (non-hydrogen) atoms. The quantitative estimate of drug-likeness (QED) is 0.914. The normalized spacial score (nSPS) is 17.4. The molecule has 0 aliphatic carbocycles. The predicted molar refractivity (Wildman–Crippen MR) is 78.5 cm³/mol. The van der Waals surface area contributed by atoms with E-state index >= 15 is 0 Å². The van der Waals surface area contributed by atoms with E-state index in [0.29, 0.717) is 13.2 Å². The van der Waals surface area contributed by atoms with Crippen molar-refractivity contribution in [2.45, 2.75) is 6.61 Å². The Balaban J connectivity index is 2.20. The summed E-state index contributed by atoms with van der Waals surface area (Å²) in [6.45, 7) is 0.945. The summed E-state index contributed by atoms with van der Waals surface area (Å²) in [6, 6.07) is 8.08. The van der Waals surface area contributed by atoms with Crippen molar-refractivity contribution in [2.24, 2.45) is 7.05 Å². The molecule has 106 valence electrons. The number of sulfonamides is 1. The number of hydrogen-bond donors (Lipinski definition) is 1. The third-order valence-electron chi connectivity index (χ3n) is 3.49. The second-order valence-electron chi connectivity index (χ2n) is 4.95. The molecule has 1 aromatic heterocycles. The second kappa shape index (κ2) is 4.64. The fraction of sp³-hybridized carbons (Fsp3) is 0.286. The van der Waals surface area contributed by atoms with E-state index < -0.39 is 10.0 Å². The average Bonchev–Trinajstić information content (AvgIpc) is 2.71. The van der Waals surface area contributed by atoms with Gasteiger partial charge in [0.1, 0.15) is 0 Å². The van der Waals surface area contributed by atoms with Gasteiger partial charge in [0.2, 0.25) is 10.0 Å². The summed E-state index contributed by atoms with van der Waals surface area (Å²) in [5, 5.41) is 1.12. The SMILES string of the molecule is Cn1c2c(c3ccccc31)/C(=C/NS(C)(=O)=O)COC2. The summed E-state index contributed by atoms with van der Waals surface area (Å²) in [6.07, 6.45) is 2.66. The summed E-state index contributed by atoms with van der Waals surface area (Å²) in [5.74, 6) is 0. The van der Waals surface area contributed by atoms with E-state index in [-0.39, 0.29) is 0 Å². The minimum atomic E-state index is -3.26. The van der Waals surface area contributed by atoms with Crippen LogP contribution in [0.3, 0.4) is 0 Å². The molecule has 1 aliphatic heterocycles. The van der Waals surface area contributed by atoms with Crippen LogP contribution in [0.1, 0.15) is 11.3 Å². The minimum absolute atomic E-state index is 0.406. The highest BCUT2D eigenvalue weighted by molar-refractivity contribution is 7.88. The summed E-state index contributed by atoms with van der Waals surface area (Å²) in [4.78, 5) is 0. The van der Waals surface area contributed by atoms with Crippen LogP contribution in [-0.4, -0.2) is 25.8 Å². The maximum absolute atomic E-state index is 11.3. The average molecular weight is 292 g/mol. The molecule has 0 radical (unpaired) electrons. The van der Waals surface area contributed by atoms with Crippen LogP contribution in [0.4, 0.5) is 0 Å². The van der Waals surface area contributed by atoms with Gasteiger partial charge in [0.15, 0.2) is 0 Å². The molecule has 6 heteroatoms. The van der Waals surface area contributed by atoms with Crippen LogP contribution in [-0.2, 0) is 28.4 Å². The standard InChI is InChI=1S/C14H16N2O3S/c1-16-12-6-4-3-5-11(12)14-10(7-15-20(2,17)18)8-19-9-13(14)16/h3-7,15H,8-9H2,1-2H3/b10-7+. The molecule has 3 rings (SSSR count). The van der Waals surface area contributed by atoms with Crippen LogP contribution in [0.5, 0.6) is 0 Å². The molecule has 0 saturated carbocycles. The van der Waals surface area contributed by atoms with Gasteiger partial charge in [-0.15, -0.1) is 0 Å². The Morgan fingerprint density at radius 2 is 2.05 bits per heavy atom. The van der Waals surface area contributed by atoms with Crippen LogP contribution in [0.2, 0.25) is 0 Å². The van der Waals surface area contributed by atoms with Gasteiger partial charge in [-0.25, -0.2) is 8.42 Å². The van der Waals surface area contributed by atoms with Gasteiger partial charge >= 0.3 is 0 Å². The number of aromatic nitrogens is 1. The summed E-state index contributed by atoms with van der Waals surface area (Å²) < 4.78 is 32.6. The van der Waals surface area contributed by atoms with E-state index in [1.807, 2.05) is 25.2 Å². The second-order valence-corrected chi connectivity index (χ2v) is 6.73. The number of hydrogen-bond acceptors (Lipinski definition) is 3. The maximum Gasteiger partial charge on any atom is 0.229 e. The molecule has 2 aromatic rings. The molecule has 1 aliphatic rings. The van der Waals surface area contributed by atoms with Crippen molar-refractivity contribution in [3.63, 3.8) is 0 Å². The first-order chi connectivity index (χ1) is 9.47. The molecule has 0 bridgehead atoms. The lowest BCUT2D eigenvalue weighted by Crippen LogP contribution is -2.18. The fourth-order valence-electron chi connectivity index (χ4n) is 2.60. The van der Waals surface area contributed by atoms with Crippen LogP contribution in [0, 0.1) is 0 Å². The van der Waals surface area contributed by atoms with E-state index in [1.165, 1.54) is 6.20 Å². The Labute approximate surface area is 117 Å². The molecule has 0 amide bonds. The van der Waals surface area contributed by atoms with Crippen LogP contribution >= 0.6 is 0 Å². The molecule has 0 spiro atoms. The predicted octanol–water partition coefficient (Wildman–Crippen LogP) is 1.60. The molecule has 2 heterocycles. The van der Waals surface area contributed by atoms with E-state index in [2.05, 4.69) is 15.4 Å². The number of ether oxygens (including phenoxy) is 1. The zero-order valence-electron chi connectivity index (χ0n) is 11.4. The van der Waals surface area contributed by atoms with Crippen LogP contribution in [0.25, 0.3) is 16.5 Å². The van der Waals surface area contributed by atoms with E-state index in [0.717, 1.165) is 34.0 Å². The third-order valence-corrected chi connectivity index (χ3v) is 4.04. The number of aryl methyl sites for hydroxylation is 1. The lowest BCUT2D eigenvalue weighted by atomic mass is 10.0. The number of benzene rings is 1. The highest BCUT2D eigenvalue weighted by atomic mass is 32.2. The summed E-state index contributed by atoms with van der Waals surface area (Å²) >= 11 is 0. The van der Waals surface area contributed by atoms with Crippen molar-refractivity contribution < 1.29 is 13.2 Å². The van der Waals surface area contributed by atoms with Crippen LogP contribution in [0.15, 0.2) is 30.5 Å². The van der Waals surface area contributed by atoms with Crippen molar-refractivity contribution in [3.05, 3.63) is 41.7 Å². The van der Waals surface area contributed by atoms with E-state index in [9.17, 15) is 8.42 Å². The van der Waals surface area contributed by atoms with Gasteiger partial charge in [-0.05, 0) is 6.07 Å². The minimum Gasteiger partial charge on any atom is -0.370 e. The van der Waals surface area contributed by atoms with Gasteiger partial charge in [-0.2, -0.15) is 0 Å². The molecule has 0 atom stereocenters. The molecule has 1 N–H and O–H groups in total. The summed E-state index contributed by atoms with van der Waals surface area (Å²) in [5.41, 5.74) is 4.12. The molecule has 1 aromatic carbocycles. The zero-order chi connectivity index (χ0) is 14.3. The fourth-order valence-corrected chi connectivity index (χ4v) is 2.95. The molecular weight excluding hydrogens is 276 g/mol. The van der Waals surface area contributed by atoms with Crippen LogP contribution < -0.4 is 4.72 Å². The van der Waals surface area contributed by atoms with Gasteiger partial charge < -0.3 is 9.30 Å². The number of para-hydroxylation sites is 1. The van der Waals surface area contributed by atoms with E-state index in [1.54, 1.807) is 0 Å². The first-order valence-corrected chi connectivity index (χ1v) is 8.17. The maximum atomic E-state index is 11.3. The molecular formula is C14H16N2O3S. The number of nitrogens with one attached hydrogen (secondary N) is 1. The zero-order valence-corrected chi connectivity index (χ0v) is 12.2. The first kappa shape index (κ1) is 13.2. The first-order valence-electron chi connectivity index (χ1n) is 6.28. The number of fused-ring (bicyclic) bond motifs is 3. The Bertz CT molecular complexity index is 803. The van der Waals surface area contributed by atoms with Gasteiger partial charge in [0, 0.05) is 35.3 Å². The van der Waals surface area contributed by atoms with Crippen molar-refractivity contribution in [1.82, 2.24) is 9.29 Å². The number of rotatable bonds is 2. The third kappa shape index (κ3) is 2.21. The largest absolute Gasteiger partial charge is 0.370 e. The van der Waals surface area contributed by atoms with Crippen molar-refractivity contribution in [1.29, 1.82) is 0 Å². The molecule has 0 unspecified atom stereocenters. The highest BCUT2D eigenvalue weighted by Gasteiger charge is 2.22. The number of nitrogens with zero attached hydrogens (tertiary/aromatic N) is 1. The summed E-state index contributed by atoms with van der Waals surface area (Å²) in [7, 11) is -1.26. The van der Waals surface area contributed by atoms with Gasteiger partial charge in [-0.1, -0.05) is 18.2 Å². The topological polar surface area (TPSA) is 60.3 Å². The van der Waals surface area contributed by atoms with Crippen molar-refractivity contribution in [3.8, 4) is 0 Å². The highest BCUT2D eigenvalue weighted by Crippen LogP contribution is 2.34. The lowest BCUT2D eigenvalue weighted by Gasteiger charge is -2.18. The Morgan fingerprint density at radius 3 is 2.80 bits per heavy atom. The Kier molecular flexibility index (Phi) is 3.07.